The fourth-order valence-electron chi connectivity index (χ4n) is 3.27. The van der Waals surface area contributed by atoms with E-state index in [-0.39, 0.29) is 0 Å². The van der Waals surface area contributed by atoms with Crippen LogP contribution in [0, 0.1) is 6.92 Å². The first-order valence-electron chi connectivity index (χ1n) is 9.31. The van der Waals surface area contributed by atoms with Gasteiger partial charge < -0.3 is 15.6 Å². The summed E-state index contributed by atoms with van der Waals surface area (Å²) in [4.78, 5) is 10.2. The van der Waals surface area contributed by atoms with Gasteiger partial charge in [-0.3, -0.25) is 9.89 Å². The molecule has 1 atom stereocenters. The first-order valence-corrected chi connectivity index (χ1v) is 9.31. The highest BCUT2D eigenvalue weighted by atomic mass is 15.2. The Kier molecular flexibility index (Phi) is 5.63. The van der Waals surface area contributed by atoms with Gasteiger partial charge in [-0.25, -0.2) is 0 Å². The van der Waals surface area contributed by atoms with E-state index in [1.54, 1.807) is 0 Å². The van der Waals surface area contributed by atoms with Gasteiger partial charge in [0, 0.05) is 49.3 Å². The van der Waals surface area contributed by atoms with Crippen molar-refractivity contribution in [3.63, 3.8) is 0 Å². The molecule has 5 heteroatoms. The third kappa shape index (κ3) is 4.54. The van der Waals surface area contributed by atoms with Crippen molar-refractivity contribution in [3.8, 4) is 0 Å². The van der Waals surface area contributed by atoms with Gasteiger partial charge in [0.05, 0.1) is 0 Å². The SMILES string of the molecule is CN=C(NCCc1c[nH]c2cc(C)ccc12)NCC(C)N(C)C1CC1. The minimum atomic E-state index is 0.517. The van der Waals surface area contributed by atoms with Crippen LogP contribution in [-0.4, -0.2) is 55.1 Å². The minimum absolute atomic E-state index is 0.517. The van der Waals surface area contributed by atoms with Crippen molar-refractivity contribution in [2.75, 3.05) is 27.2 Å². The zero-order chi connectivity index (χ0) is 17.8. The third-order valence-electron chi connectivity index (χ3n) is 5.22. The molecular formula is C20H31N5. The van der Waals surface area contributed by atoms with E-state index in [9.17, 15) is 0 Å². The van der Waals surface area contributed by atoms with Crippen LogP contribution in [0.25, 0.3) is 10.9 Å². The van der Waals surface area contributed by atoms with E-state index in [2.05, 4.69) is 70.8 Å². The number of fused-ring (bicyclic) bond motifs is 1. The number of nitrogens with one attached hydrogen (secondary N) is 3. The molecule has 1 aliphatic carbocycles. The van der Waals surface area contributed by atoms with Crippen molar-refractivity contribution >= 4 is 16.9 Å². The van der Waals surface area contributed by atoms with Crippen LogP contribution in [0.2, 0.25) is 0 Å². The fourth-order valence-corrected chi connectivity index (χ4v) is 3.27. The molecule has 0 amide bonds. The second-order valence-corrected chi connectivity index (χ2v) is 7.24. The summed E-state index contributed by atoms with van der Waals surface area (Å²) in [5, 5.41) is 8.19. The number of rotatable bonds is 7. The molecule has 0 saturated heterocycles. The van der Waals surface area contributed by atoms with Crippen molar-refractivity contribution in [2.45, 2.75) is 45.2 Å². The number of aromatic amines is 1. The van der Waals surface area contributed by atoms with Gasteiger partial charge >= 0.3 is 0 Å². The number of likely N-dealkylation sites (N-methyl/N-ethyl adjacent to an activating group) is 1. The summed E-state index contributed by atoms with van der Waals surface area (Å²) < 4.78 is 0. The average molecular weight is 342 g/mol. The lowest BCUT2D eigenvalue weighted by atomic mass is 10.1. The van der Waals surface area contributed by atoms with Gasteiger partial charge in [-0.1, -0.05) is 12.1 Å². The summed E-state index contributed by atoms with van der Waals surface area (Å²) >= 11 is 0. The molecule has 25 heavy (non-hydrogen) atoms. The molecule has 1 fully saturated rings. The maximum absolute atomic E-state index is 4.34. The number of aryl methyl sites for hydroxylation is 1. The van der Waals surface area contributed by atoms with Crippen LogP contribution in [0.3, 0.4) is 0 Å². The molecule has 3 N–H and O–H groups in total. The predicted octanol–water partition coefficient (Wildman–Crippen LogP) is 2.67. The summed E-state index contributed by atoms with van der Waals surface area (Å²) in [5.74, 6) is 0.881. The highest BCUT2D eigenvalue weighted by Crippen LogP contribution is 2.26. The van der Waals surface area contributed by atoms with Crippen LogP contribution >= 0.6 is 0 Å². The molecule has 136 valence electrons. The average Bonchev–Trinajstić information content (AvgIpc) is 3.39. The number of guanidine groups is 1. The highest BCUT2D eigenvalue weighted by molar-refractivity contribution is 5.84. The second-order valence-electron chi connectivity index (χ2n) is 7.24. The Labute approximate surface area is 150 Å². The van der Waals surface area contributed by atoms with Gasteiger partial charge in [0.15, 0.2) is 5.96 Å². The Morgan fingerprint density at radius 3 is 2.88 bits per heavy atom. The number of nitrogens with zero attached hydrogens (tertiary/aromatic N) is 2. The number of aromatic nitrogens is 1. The van der Waals surface area contributed by atoms with Crippen LogP contribution in [0.5, 0.6) is 0 Å². The lowest BCUT2D eigenvalue weighted by Gasteiger charge is -2.25. The molecule has 0 aliphatic heterocycles. The summed E-state index contributed by atoms with van der Waals surface area (Å²) in [5.41, 5.74) is 3.85. The normalized spacial score (nSPS) is 16.4. The molecule has 0 bridgehead atoms. The van der Waals surface area contributed by atoms with E-state index in [4.69, 9.17) is 0 Å². The Morgan fingerprint density at radius 1 is 1.36 bits per heavy atom. The topological polar surface area (TPSA) is 55.5 Å². The molecule has 3 rings (SSSR count). The van der Waals surface area contributed by atoms with Crippen LogP contribution in [0.15, 0.2) is 29.4 Å². The van der Waals surface area contributed by atoms with Gasteiger partial charge in [0.25, 0.3) is 0 Å². The van der Waals surface area contributed by atoms with Gasteiger partial charge in [0.1, 0.15) is 0 Å². The van der Waals surface area contributed by atoms with E-state index in [0.29, 0.717) is 6.04 Å². The maximum Gasteiger partial charge on any atom is 0.191 e. The number of benzene rings is 1. The molecule has 0 radical (unpaired) electrons. The maximum atomic E-state index is 4.34. The minimum Gasteiger partial charge on any atom is -0.361 e. The molecule has 1 saturated carbocycles. The first-order chi connectivity index (χ1) is 12.1. The van der Waals surface area contributed by atoms with E-state index in [1.807, 2.05) is 7.05 Å². The molecule has 1 aromatic heterocycles. The van der Waals surface area contributed by atoms with Crippen LogP contribution in [0.1, 0.15) is 30.9 Å². The summed E-state index contributed by atoms with van der Waals surface area (Å²) in [6, 6.07) is 7.88. The van der Waals surface area contributed by atoms with Crippen molar-refractivity contribution in [1.29, 1.82) is 0 Å². The summed E-state index contributed by atoms with van der Waals surface area (Å²) in [6.07, 6.45) is 5.78. The predicted molar refractivity (Wildman–Crippen MR) is 106 cm³/mol. The first kappa shape index (κ1) is 17.8. The zero-order valence-corrected chi connectivity index (χ0v) is 15.9. The monoisotopic (exact) mass is 341 g/mol. The van der Waals surface area contributed by atoms with E-state index in [1.165, 1.54) is 34.9 Å². The molecule has 1 heterocycles. The smallest absolute Gasteiger partial charge is 0.191 e. The van der Waals surface area contributed by atoms with Crippen LogP contribution in [-0.2, 0) is 6.42 Å². The van der Waals surface area contributed by atoms with Crippen molar-refractivity contribution in [2.24, 2.45) is 4.99 Å². The third-order valence-corrected chi connectivity index (χ3v) is 5.22. The summed E-state index contributed by atoms with van der Waals surface area (Å²) in [6.45, 7) is 6.18. The Bertz CT molecular complexity index is 729. The van der Waals surface area contributed by atoms with Crippen molar-refractivity contribution in [3.05, 3.63) is 35.5 Å². The number of hydrogen-bond donors (Lipinski definition) is 3. The van der Waals surface area contributed by atoms with Gasteiger partial charge in [-0.05, 0) is 57.4 Å². The molecule has 1 unspecified atom stereocenters. The Balaban J connectivity index is 1.46. The van der Waals surface area contributed by atoms with Crippen molar-refractivity contribution < 1.29 is 0 Å². The lowest BCUT2D eigenvalue weighted by Crippen LogP contribution is -2.45. The Morgan fingerprint density at radius 2 is 2.16 bits per heavy atom. The molecule has 1 aromatic carbocycles. The van der Waals surface area contributed by atoms with Gasteiger partial charge in [0.2, 0.25) is 0 Å². The molecule has 0 spiro atoms. The lowest BCUT2D eigenvalue weighted by molar-refractivity contribution is 0.247. The van der Waals surface area contributed by atoms with Gasteiger partial charge in [-0.15, -0.1) is 0 Å². The molecule has 5 nitrogen and oxygen atoms in total. The van der Waals surface area contributed by atoms with E-state index >= 15 is 0 Å². The zero-order valence-electron chi connectivity index (χ0n) is 15.9. The quantitative estimate of drug-likeness (QED) is 0.536. The van der Waals surface area contributed by atoms with Crippen LogP contribution in [0.4, 0.5) is 0 Å². The van der Waals surface area contributed by atoms with Gasteiger partial charge in [-0.2, -0.15) is 0 Å². The molecule has 2 aromatic rings. The van der Waals surface area contributed by atoms with E-state index in [0.717, 1.165) is 31.5 Å². The van der Waals surface area contributed by atoms with E-state index < -0.39 is 0 Å². The Hall–Kier alpha value is -2.01. The number of H-pyrrole nitrogens is 1. The van der Waals surface area contributed by atoms with Crippen molar-refractivity contribution in [1.82, 2.24) is 20.5 Å². The standard InChI is InChI=1S/C20H31N5/c1-14-5-8-18-16(13-23-19(18)11-14)9-10-22-20(21-3)24-12-15(2)25(4)17-6-7-17/h5,8,11,13,15,17,23H,6-7,9-10,12H2,1-4H3,(H2,21,22,24). The molecule has 1 aliphatic rings. The second kappa shape index (κ2) is 7.91. The number of hydrogen-bond acceptors (Lipinski definition) is 2. The fraction of sp³-hybridized carbons (Fsp3) is 0.550. The highest BCUT2D eigenvalue weighted by Gasteiger charge is 2.28. The summed E-state index contributed by atoms with van der Waals surface area (Å²) in [7, 11) is 4.05. The molecular weight excluding hydrogens is 310 g/mol. The number of aliphatic imine (C=N–C) groups is 1. The van der Waals surface area contributed by atoms with Crippen LogP contribution < -0.4 is 10.6 Å². The largest absolute Gasteiger partial charge is 0.361 e.